The first-order chi connectivity index (χ1) is 35.2. The van der Waals surface area contributed by atoms with Crippen LogP contribution in [0.25, 0.3) is 144 Å². The molecule has 0 aliphatic carbocycles. The largest absolute Gasteiger partial charge is 0.456 e. The Morgan fingerprint density at radius 2 is 0.887 bits per heavy atom. The van der Waals surface area contributed by atoms with E-state index in [9.17, 15) is 0 Å². The molecule has 0 spiro atoms. The second kappa shape index (κ2) is 15.4. The van der Waals surface area contributed by atoms with Crippen LogP contribution in [0.5, 0.6) is 0 Å². The van der Waals surface area contributed by atoms with E-state index in [1.165, 1.54) is 21.5 Å². The lowest BCUT2D eigenvalue weighted by atomic mass is 9.90. The molecule has 0 aliphatic heterocycles. The summed E-state index contributed by atoms with van der Waals surface area (Å²) in [6.07, 6.45) is 0. The van der Waals surface area contributed by atoms with Crippen molar-refractivity contribution in [1.29, 1.82) is 0 Å². The van der Waals surface area contributed by atoms with Crippen molar-refractivity contribution < 1.29 is 4.42 Å². The molecule has 0 bridgehead atoms. The van der Waals surface area contributed by atoms with Crippen LogP contribution in [0.1, 0.15) is 0 Å². The van der Waals surface area contributed by atoms with E-state index in [1.807, 2.05) is 24.3 Å². The van der Waals surface area contributed by atoms with E-state index in [2.05, 4.69) is 221 Å². The quantitative estimate of drug-likeness (QED) is 0.167. The molecule has 15 aromatic rings. The van der Waals surface area contributed by atoms with Crippen molar-refractivity contribution in [2.45, 2.75) is 0 Å². The van der Waals surface area contributed by atoms with Gasteiger partial charge in [-0.15, -0.1) is 0 Å². The van der Waals surface area contributed by atoms with Crippen LogP contribution in [-0.2, 0) is 0 Å². The Hall–Kier alpha value is -9.65. The maximum atomic E-state index is 6.74. The molecule has 6 nitrogen and oxygen atoms in total. The molecule has 4 aromatic heterocycles. The first-order valence-electron chi connectivity index (χ1n) is 24.0. The zero-order valence-electron chi connectivity index (χ0n) is 38.2. The van der Waals surface area contributed by atoms with E-state index < -0.39 is 0 Å². The summed E-state index contributed by atoms with van der Waals surface area (Å²) in [7, 11) is 0. The van der Waals surface area contributed by atoms with E-state index in [4.69, 9.17) is 19.4 Å². The summed E-state index contributed by atoms with van der Waals surface area (Å²) in [4.78, 5) is 16.4. The van der Waals surface area contributed by atoms with E-state index in [1.54, 1.807) is 0 Å². The van der Waals surface area contributed by atoms with Crippen LogP contribution in [0.4, 0.5) is 0 Å². The van der Waals surface area contributed by atoms with Crippen molar-refractivity contribution in [3.8, 4) is 56.7 Å². The number of hydrogen-bond acceptors (Lipinski definition) is 4. The number of furan rings is 1. The van der Waals surface area contributed by atoms with E-state index in [0.717, 1.165) is 105 Å². The van der Waals surface area contributed by atoms with Crippen molar-refractivity contribution in [1.82, 2.24) is 24.1 Å². The number of rotatable bonds is 6. The van der Waals surface area contributed by atoms with Gasteiger partial charge in [-0.25, -0.2) is 15.0 Å². The number of aromatic nitrogens is 5. The van der Waals surface area contributed by atoms with Gasteiger partial charge < -0.3 is 13.6 Å². The number of hydrogen-bond donors (Lipinski definition) is 0. The summed E-state index contributed by atoms with van der Waals surface area (Å²) in [5, 5.41) is 11.3. The fourth-order valence-electron chi connectivity index (χ4n) is 11.2. The van der Waals surface area contributed by atoms with Crippen LogP contribution in [0, 0.1) is 0 Å². The fraction of sp³-hybridized carbons (Fsp3) is 0. The summed E-state index contributed by atoms with van der Waals surface area (Å²) in [6, 6.07) is 83.9. The monoisotopic (exact) mass is 905 g/mol. The molecular weight excluding hydrogens is 867 g/mol. The van der Waals surface area contributed by atoms with Gasteiger partial charge >= 0.3 is 0 Å². The van der Waals surface area contributed by atoms with Crippen LogP contribution in [0.2, 0.25) is 0 Å². The molecular formula is C65H39N5O. The maximum absolute atomic E-state index is 6.74. The third kappa shape index (κ3) is 6.05. The van der Waals surface area contributed by atoms with Gasteiger partial charge in [0.1, 0.15) is 11.2 Å². The molecule has 0 N–H and O–H groups in total. The van der Waals surface area contributed by atoms with Crippen LogP contribution < -0.4 is 0 Å². The average molecular weight is 906 g/mol. The molecule has 0 fully saturated rings. The van der Waals surface area contributed by atoms with Crippen LogP contribution in [-0.4, -0.2) is 24.1 Å². The molecule has 0 saturated carbocycles. The van der Waals surface area contributed by atoms with Gasteiger partial charge in [-0.1, -0.05) is 164 Å². The molecule has 0 saturated heterocycles. The normalized spacial score (nSPS) is 11.9. The molecule has 71 heavy (non-hydrogen) atoms. The number of benzene rings is 11. The Labute approximate surface area is 407 Å². The minimum atomic E-state index is 0.571. The third-order valence-electron chi connectivity index (χ3n) is 14.3. The summed E-state index contributed by atoms with van der Waals surface area (Å²) in [5.74, 6) is 1.76. The standard InChI is InChI=1S/C65H39N5O/c1-3-18-40(19-4-1)63-66-64(68-65(67-63)51-29-17-32-56-60(51)49-27-12-15-31-55(49)69(56)44-23-5-2-6-24-44)48-35-34-45(70-54-30-14-11-26-47(54)52-36-41-20-7-8-21-42(41)37-57(52)70)39-53(48)61-46-25-10-9-22-43(46)38-59-62(61)50-28-13-16-33-58(50)71-59/h1-39H. The zero-order chi connectivity index (χ0) is 46.6. The zero-order valence-corrected chi connectivity index (χ0v) is 38.2. The fourth-order valence-corrected chi connectivity index (χ4v) is 11.2. The van der Waals surface area contributed by atoms with Gasteiger partial charge in [0, 0.05) is 65.9 Å². The molecule has 11 aromatic carbocycles. The SMILES string of the molecule is c1ccc(-c2nc(-c3ccc(-n4c5ccccc5c5cc6ccccc6cc54)cc3-c3c4ccccc4cc4oc5ccccc5c34)nc(-c3cccc4c3c3ccccc3n4-c3ccccc3)n2)cc1. The van der Waals surface area contributed by atoms with Crippen molar-refractivity contribution >= 4 is 87.1 Å². The third-order valence-corrected chi connectivity index (χ3v) is 14.3. The Bertz CT molecular complexity index is 4640. The smallest absolute Gasteiger partial charge is 0.164 e. The lowest BCUT2D eigenvalue weighted by Gasteiger charge is -2.18. The Morgan fingerprint density at radius 1 is 0.296 bits per heavy atom. The highest BCUT2D eigenvalue weighted by Crippen LogP contribution is 2.47. The molecule has 0 atom stereocenters. The average Bonchev–Trinajstić information content (AvgIpc) is 4.09. The van der Waals surface area contributed by atoms with Gasteiger partial charge in [0.05, 0.1) is 22.1 Å². The predicted octanol–water partition coefficient (Wildman–Crippen LogP) is 16.9. The second-order valence-electron chi connectivity index (χ2n) is 18.3. The van der Waals surface area contributed by atoms with Gasteiger partial charge in [0.2, 0.25) is 0 Å². The van der Waals surface area contributed by atoms with Gasteiger partial charge in [-0.3, -0.25) is 0 Å². The van der Waals surface area contributed by atoms with Crippen LogP contribution in [0.3, 0.4) is 0 Å². The highest BCUT2D eigenvalue weighted by atomic mass is 16.3. The topological polar surface area (TPSA) is 61.7 Å². The number of para-hydroxylation sites is 4. The highest BCUT2D eigenvalue weighted by Gasteiger charge is 2.25. The van der Waals surface area contributed by atoms with Crippen LogP contribution >= 0.6 is 0 Å². The minimum Gasteiger partial charge on any atom is -0.456 e. The lowest BCUT2D eigenvalue weighted by Crippen LogP contribution is -2.03. The van der Waals surface area contributed by atoms with Gasteiger partial charge in [0.15, 0.2) is 17.5 Å². The number of nitrogens with zero attached hydrogens (tertiary/aromatic N) is 5. The van der Waals surface area contributed by atoms with Gasteiger partial charge in [-0.2, -0.15) is 0 Å². The highest BCUT2D eigenvalue weighted by molar-refractivity contribution is 6.22. The second-order valence-corrected chi connectivity index (χ2v) is 18.3. The molecule has 330 valence electrons. The molecule has 15 rings (SSSR count). The maximum Gasteiger partial charge on any atom is 0.164 e. The minimum absolute atomic E-state index is 0.571. The Balaban J connectivity index is 1.07. The van der Waals surface area contributed by atoms with Crippen molar-refractivity contribution in [3.63, 3.8) is 0 Å². The summed E-state index contributed by atoms with van der Waals surface area (Å²) in [5.41, 5.74) is 13.0. The Morgan fingerprint density at radius 3 is 1.69 bits per heavy atom. The number of fused-ring (bicyclic) bond motifs is 11. The molecule has 0 radical (unpaired) electrons. The van der Waals surface area contributed by atoms with Crippen LogP contribution in [0.15, 0.2) is 241 Å². The lowest BCUT2D eigenvalue weighted by molar-refractivity contribution is 0.669. The van der Waals surface area contributed by atoms with Crippen molar-refractivity contribution in [2.24, 2.45) is 0 Å². The molecule has 0 amide bonds. The molecule has 0 aliphatic rings. The van der Waals surface area contributed by atoms with E-state index in [0.29, 0.717) is 17.5 Å². The van der Waals surface area contributed by atoms with Gasteiger partial charge in [0.25, 0.3) is 0 Å². The molecule has 6 heteroatoms. The Kier molecular flexibility index (Phi) is 8.56. The van der Waals surface area contributed by atoms with Crippen molar-refractivity contribution in [3.05, 3.63) is 237 Å². The van der Waals surface area contributed by atoms with Gasteiger partial charge in [-0.05, 0) is 99.9 Å². The first kappa shape index (κ1) is 39.4. The van der Waals surface area contributed by atoms with Crippen molar-refractivity contribution in [2.75, 3.05) is 0 Å². The van der Waals surface area contributed by atoms with E-state index >= 15 is 0 Å². The summed E-state index contributed by atoms with van der Waals surface area (Å²) in [6.45, 7) is 0. The predicted molar refractivity (Wildman–Crippen MR) is 293 cm³/mol. The summed E-state index contributed by atoms with van der Waals surface area (Å²) < 4.78 is 11.5. The van der Waals surface area contributed by atoms with E-state index in [-0.39, 0.29) is 0 Å². The molecule has 4 heterocycles. The first-order valence-corrected chi connectivity index (χ1v) is 24.0. The summed E-state index contributed by atoms with van der Waals surface area (Å²) >= 11 is 0. The molecule has 0 unspecified atom stereocenters.